The Bertz CT molecular complexity index is 583. The lowest BCUT2D eigenvalue weighted by Crippen LogP contribution is -2.19. The van der Waals surface area contributed by atoms with Gasteiger partial charge in [0.15, 0.2) is 0 Å². The highest BCUT2D eigenvalue weighted by molar-refractivity contribution is 5.72. The third-order valence-electron chi connectivity index (χ3n) is 4.57. The van der Waals surface area contributed by atoms with Gasteiger partial charge < -0.3 is 0 Å². The molecule has 0 spiro atoms. The van der Waals surface area contributed by atoms with E-state index in [1.54, 1.807) is 5.57 Å². The Morgan fingerprint density at radius 1 is 1.17 bits per heavy atom. The first-order valence-electron chi connectivity index (χ1n) is 9.27. The summed E-state index contributed by atoms with van der Waals surface area (Å²) in [6, 6.07) is 0. The van der Waals surface area contributed by atoms with Crippen LogP contribution in [0.4, 0.5) is 0 Å². The van der Waals surface area contributed by atoms with E-state index in [0.717, 1.165) is 13.0 Å². The molecular weight excluding hydrogens is 290 g/mol. The molecule has 1 rings (SSSR count). The van der Waals surface area contributed by atoms with Crippen LogP contribution in [0.1, 0.15) is 68.7 Å². The molecule has 0 N–H and O–H groups in total. The minimum atomic E-state index is 0. The highest BCUT2D eigenvalue weighted by Gasteiger charge is 2.26. The number of hydrogen-bond acceptors (Lipinski definition) is 1. The minimum Gasteiger partial charge on any atom is -0.293 e. The number of allylic oxidation sites excluding steroid dienone is 10. The Morgan fingerprint density at radius 2 is 1.88 bits per heavy atom. The van der Waals surface area contributed by atoms with Crippen molar-refractivity contribution in [3.63, 3.8) is 0 Å². The van der Waals surface area contributed by atoms with Crippen molar-refractivity contribution in [1.29, 1.82) is 0 Å². The maximum Gasteiger partial charge on any atom is 1.00 e. The molecule has 132 valence electrons. The van der Waals surface area contributed by atoms with Crippen molar-refractivity contribution in [2.24, 2.45) is 10.4 Å². The minimum absolute atomic E-state index is 0. The van der Waals surface area contributed by atoms with Crippen LogP contribution in [0, 0.1) is 5.41 Å². The lowest BCUT2D eigenvalue weighted by Gasteiger charge is -2.32. The number of nitrogens with zero attached hydrogens (tertiary/aromatic N) is 1. The molecule has 0 atom stereocenters. The van der Waals surface area contributed by atoms with Crippen molar-refractivity contribution < 1.29 is 1.43 Å². The van der Waals surface area contributed by atoms with Gasteiger partial charge in [0.25, 0.3) is 0 Å². The zero-order valence-corrected chi connectivity index (χ0v) is 16.5. The molecule has 0 aromatic carbocycles. The van der Waals surface area contributed by atoms with Crippen molar-refractivity contribution in [1.82, 2.24) is 0 Å². The molecule has 0 aliphatic heterocycles. The van der Waals surface area contributed by atoms with E-state index in [9.17, 15) is 0 Å². The molecule has 0 aromatic rings. The highest BCUT2D eigenvalue weighted by atomic mass is 14.7. The van der Waals surface area contributed by atoms with Gasteiger partial charge in [-0.2, -0.15) is 0 Å². The predicted octanol–water partition coefficient (Wildman–Crippen LogP) is 7.11. The zero-order chi connectivity index (χ0) is 18.0. The summed E-state index contributed by atoms with van der Waals surface area (Å²) in [5.41, 5.74) is 5.88. The number of hydrogen-bond donors (Lipinski definition) is 0. The lowest BCUT2D eigenvalue weighted by atomic mass is 9.72. The van der Waals surface area contributed by atoms with Gasteiger partial charge >= 0.3 is 1.43 Å². The molecule has 0 bridgehead atoms. The molecule has 0 aromatic heterocycles. The van der Waals surface area contributed by atoms with E-state index < -0.39 is 0 Å². The molecule has 1 heteroatoms. The normalized spacial score (nSPS) is 20.1. The number of rotatable bonds is 7. The summed E-state index contributed by atoms with van der Waals surface area (Å²) >= 11 is 0. The van der Waals surface area contributed by atoms with Gasteiger partial charge in [-0.15, -0.1) is 0 Å². The SMILES string of the molecule is CCCN=C/C=C(C)/C=C\C=C(C)\C=C\C1=C(C)CCCC1(C)C.[H+]. The Labute approximate surface area is 151 Å². The van der Waals surface area contributed by atoms with Crippen LogP contribution >= 0.6 is 0 Å². The van der Waals surface area contributed by atoms with Crippen LogP contribution in [-0.2, 0) is 0 Å². The molecule has 0 saturated heterocycles. The van der Waals surface area contributed by atoms with Gasteiger partial charge in [-0.1, -0.05) is 62.3 Å². The summed E-state index contributed by atoms with van der Waals surface area (Å²) in [5.74, 6) is 0. The first-order valence-corrected chi connectivity index (χ1v) is 9.27. The summed E-state index contributed by atoms with van der Waals surface area (Å²) in [4.78, 5) is 4.31. The largest absolute Gasteiger partial charge is 1.00 e. The average Bonchev–Trinajstić information content (AvgIpc) is 2.50. The van der Waals surface area contributed by atoms with Crippen LogP contribution in [0.3, 0.4) is 0 Å². The van der Waals surface area contributed by atoms with E-state index in [2.05, 4.69) is 83.0 Å². The molecule has 0 amide bonds. The van der Waals surface area contributed by atoms with Gasteiger partial charge in [-0.05, 0) is 69.1 Å². The van der Waals surface area contributed by atoms with E-state index in [-0.39, 0.29) is 1.43 Å². The maximum atomic E-state index is 4.31. The van der Waals surface area contributed by atoms with Gasteiger partial charge in [0.05, 0.1) is 0 Å². The molecule has 1 aliphatic carbocycles. The third-order valence-corrected chi connectivity index (χ3v) is 4.57. The van der Waals surface area contributed by atoms with Crippen LogP contribution < -0.4 is 0 Å². The molecule has 24 heavy (non-hydrogen) atoms. The van der Waals surface area contributed by atoms with Crippen molar-refractivity contribution in [3.05, 3.63) is 58.7 Å². The average molecular weight is 327 g/mol. The van der Waals surface area contributed by atoms with Crippen LogP contribution in [0.15, 0.2) is 63.7 Å². The maximum absolute atomic E-state index is 4.31. The molecule has 0 heterocycles. The summed E-state index contributed by atoms with van der Waals surface area (Å²) in [6.07, 6.45) is 19.9. The van der Waals surface area contributed by atoms with Gasteiger partial charge in [0.1, 0.15) is 0 Å². The number of aliphatic imine (C=N–C) groups is 1. The highest BCUT2D eigenvalue weighted by Crippen LogP contribution is 2.40. The lowest BCUT2D eigenvalue weighted by molar-refractivity contribution is 0.377. The monoisotopic (exact) mass is 326 g/mol. The Kier molecular flexibility index (Phi) is 8.74. The Morgan fingerprint density at radius 3 is 2.54 bits per heavy atom. The van der Waals surface area contributed by atoms with Crippen molar-refractivity contribution >= 4 is 6.21 Å². The Hall–Kier alpha value is -1.63. The second kappa shape index (κ2) is 10.3. The summed E-state index contributed by atoms with van der Waals surface area (Å²) < 4.78 is 0. The van der Waals surface area contributed by atoms with Crippen molar-refractivity contribution in [3.8, 4) is 0 Å². The fourth-order valence-electron chi connectivity index (χ4n) is 3.06. The molecule has 0 fully saturated rings. The molecular formula is C23H36N+. The fourth-order valence-corrected chi connectivity index (χ4v) is 3.06. The van der Waals surface area contributed by atoms with E-state index >= 15 is 0 Å². The van der Waals surface area contributed by atoms with Gasteiger partial charge in [0.2, 0.25) is 0 Å². The molecule has 1 aliphatic rings. The topological polar surface area (TPSA) is 12.4 Å². The Balaban J connectivity index is 0.00000576. The third kappa shape index (κ3) is 7.29. The smallest absolute Gasteiger partial charge is 0.293 e. The predicted molar refractivity (Wildman–Crippen MR) is 111 cm³/mol. The van der Waals surface area contributed by atoms with E-state index in [1.165, 1.54) is 36.0 Å². The zero-order valence-electron chi connectivity index (χ0n) is 17.5. The fraction of sp³-hybridized carbons (Fsp3) is 0.522. The van der Waals surface area contributed by atoms with Crippen LogP contribution in [-0.4, -0.2) is 12.8 Å². The summed E-state index contributed by atoms with van der Waals surface area (Å²) in [7, 11) is 0. The first-order chi connectivity index (χ1) is 11.4. The van der Waals surface area contributed by atoms with Crippen LogP contribution in [0.5, 0.6) is 0 Å². The molecule has 0 radical (unpaired) electrons. The quantitative estimate of drug-likeness (QED) is 0.349. The molecule has 0 unspecified atom stereocenters. The van der Waals surface area contributed by atoms with E-state index in [4.69, 9.17) is 0 Å². The second-order valence-corrected chi connectivity index (χ2v) is 7.50. The van der Waals surface area contributed by atoms with Gasteiger partial charge in [-0.25, -0.2) is 0 Å². The van der Waals surface area contributed by atoms with Gasteiger partial charge in [-0.3, -0.25) is 4.99 Å². The van der Waals surface area contributed by atoms with Crippen LogP contribution in [0.25, 0.3) is 0 Å². The standard InChI is InChI=1S/C23H35N/c1-7-17-24-18-15-20(3)11-8-10-19(2)13-14-22-21(4)12-9-16-23(22,5)6/h8,10-11,13-15,18H,7,9,12,16-17H2,1-6H3/p+1/b11-8-,14-13+,19-10+,20-15+,24-18?. The molecule has 0 saturated carbocycles. The van der Waals surface area contributed by atoms with Crippen molar-refractivity contribution in [2.75, 3.05) is 6.54 Å². The van der Waals surface area contributed by atoms with Crippen molar-refractivity contribution in [2.45, 2.75) is 67.2 Å². The van der Waals surface area contributed by atoms with Gasteiger partial charge in [0, 0.05) is 12.8 Å². The first kappa shape index (κ1) is 20.4. The summed E-state index contributed by atoms with van der Waals surface area (Å²) in [6.45, 7) is 14.3. The summed E-state index contributed by atoms with van der Waals surface area (Å²) in [5, 5.41) is 0. The van der Waals surface area contributed by atoms with Crippen LogP contribution in [0.2, 0.25) is 0 Å². The second-order valence-electron chi connectivity index (χ2n) is 7.50. The van der Waals surface area contributed by atoms with E-state index in [1.807, 2.05) is 6.21 Å². The molecule has 1 nitrogen and oxygen atoms in total. The van der Waals surface area contributed by atoms with E-state index in [0.29, 0.717) is 5.41 Å².